The maximum absolute atomic E-state index is 5.42. The zero-order valence-corrected chi connectivity index (χ0v) is 15.3. The number of ether oxygens (including phenoxy) is 4. The summed E-state index contributed by atoms with van der Waals surface area (Å²) in [5.74, 6) is 2.70. The topological polar surface area (TPSA) is 49.8 Å². The number of benzene rings is 2. The quantitative estimate of drug-likeness (QED) is 0.675. The van der Waals surface area contributed by atoms with Crippen molar-refractivity contribution in [1.82, 2.24) is 4.98 Å². The summed E-state index contributed by atoms with van der Waals surface area (Å²) < 4.78 is 21.5. The first-order valence-electron chi connectivity index (χ1n) is 7.45. The highest BCUT2D eigenvalue weighted by Crippen LogP contribution is 2.38. The molecule has 3 rings (SSSR count). The van der Waals surface area contributed by atoms with Gasteiger partial charge in [-0.3, -0.25) is 4.98 Å². The summed E-state index contributed by atoms with van der Waals surface area (Å²) in [4.78, 5) is 4.55. The second-order valence-corrected chi connectivity index (χ2v) is 5.16. The minimum Gasteiger partial charge on any atom is -0.493 e. The highest BCUT2D eigenvalue weighted by atomic mass is 35.5. The van der Waals surface area contributed by atoms with Crippen molar-refractivity contribution in [2.24, 2.45) is 0 Å². The molecule has 0 fully saturated rings. The number of aromatic nitrogens is 1. The molecule has 0 saturated carbocycles. The second kappa shape index (κ2) is 7.94. The zero-order valence-electron chi connectivity index (χ0n) is 14.5. The predicted octanol–water partition coefficient (Wildman–Crippen LogP) is 4.36. The van der Waals surface area contributed by atoms with Crippen molar-refractivity contribution < 1.29 is 18.9 Å². The molecule has 0 amide bonds. The van der Waals surface area contributed by atoms with Gasteiger partial charge >= 0.3 is 0 Å². The molecule has 0 atom stereocenters. The lowest BCUT2D eigenvalue weighted by molar-refractivity contribution is 0.355. The molecule has 0 bridgehead atoms. The number of nitrogens with zero attached hydrogens (tertiary/aromatic N) is 1. The van der Waals surface area contributed by atoms with Crippen LogP contribution < -0.4 is 18.9 Å². The lowest BCUT2D eigenvalue weighted by Crippen LogP contribution is -1.94. The summed E-state index contributed by atoms with van der Waals surface area (Å²) in [7, 11) is 6.48. The number of methoxy groups -OCH3 is 4. The fourth-order valence-electron chi connectivity index (χ4n) is 2.71. The normalized spacial score (nSPS) is 10.1. The molecule has 132 valence electrons. The Hall–Kier alpha value is -2.66. The SMILES string of the molecule is COc1ccc(-c2nccc3cc(OC)c(OC)cc23)cc1OC.Cl. The van der Waals surface area contributed by atoms with Gasteiger partial charge in [0.15, 0.2) is 23.0 Å². The lowest BCUT2D eigenvalue weighted by atomic mass is 10.0. The van der Waals surface area contributed by atoms with Crippen LogP contribution in [0.2, 0.25) is 0 Å². The van der Waals surface area contributed by atoms with E-state index in [0.29, 0.717) is 23.0 Å². The first-order chi connectivity index (χ1) is 11.7. The third-order valence-corrected chi connectivity index (χ3v) is 3.93. The number of fused-ring (bicyclic) bond motifs is 1. The van der Waals surface area contributed by atoms with Gasteiger partial charge in [-0.15, -0.1) is 12.4 Å². The Labute approximate surface area is 152 Å². The van der Waals surface area contributed by atoms with Gasteiger partial charge in [0.05, 0.1) is 34.1 Å². The van der Waals surface area contributed by atoms with Crippen LogP contribution in [0.25, 0.3) is 22.0 Å². The maximum atomic E-state index is 5.42. The average molecular weight is 362 g/mol. The number of hydrogen-bond acceptors (Lipinski definition) is 5. The van der Waals surface area contributed by atoms with E-state index in [9.17, 15) is 0 Å². The van der Waals surface area contributed by atoms with Gasteiger partial charge in [-0.05, 0) is 41.8 Å². The lowest BCUT2D eigenvalue weighted by Gasteiger charge is -2.13. The van der Waals surface area contributed by atoms with Crippen molar-refractivity contribution in [3.63, 3.8) is 0 Å². The third-order valence-electron chi connectivity index (χ3n) is 3.93. The average Bonchev–Trinajstić information content (AvgIpc) is 2.65. The molecule has 2 aromatic carbocycles. The zero-order chi connectivity index (χ0) is 17.1. The predicted molar refractivity (Wildman–Crippen MR) is 101 cm³/mol. The van der Waals surface area contributed by atoms with Crippen LogP contribution in [-0.4, -0.2) is 33.4 Å². The highest BCUT2D eigenvalue weighted by Gasteiger charge is 2.13. The first kappa shape index (κ1) is 18.7. The molecule has 0 unspecified atom stereocenters. The van der Waals surface area contributed by atoms with Crippen LogP contribution in [0.4, 0.5) is 0 Å². The summed E-state index contributed by atoms with van der Waals surface area (Å²) in [6.45, 7) is 0. The molecule has 0 aliphatic rings. The van der Waals surface area contributed by atoms with E-state index in [1.54, 1.807) is 34.6 Å². The van der Waals surface area contributed by atoms with Gasteiger partial charge in [0.2, 0.25) is 0 Å². The molecular formula is C19H20ClNO4. The number of pyridine rings is 1. The second-order valence-electron chi connectivity index (χ2n) is 5.16. The Morgan fingerprint density at radius 2 is 1.28 bits per heavy atom. The third kappa shape index (κ3) is 3.42. The van der Waals surface area contributed by atoms with Crippen LogP contribution in [-0.2, 0) is 0 Å². The van der Waals surface area contributed by atoms with Gasteiger partial charge in [-0.25, -0.2) is 0 Å². The van der Waals surface area contributed by atoms with Crippen LogP contribution in [0.5, 0.6) is 23.0 Å². The first-order valence-corrected chi connectivity index (χ1v) is 7.45. The molecule has 0 radical (unpaired) electrons. The minimum atomic E-state index is 0. The Bertz CT molecular complexity index is 883. The van der Waals surface area contributed by atoms with Gasteiger partial charge in [-0.2, -0.15) is 0 Å². The van der Waals surface area contributed by atoms with E-state index in [1.165, 1.54) is 0 Å². The van der Waals surface area contributed by atoms with E-state index >= 15 is 0 Å². The highest BCUT2D eigenvalue weighted by molar-refractivity contribution is 5.96. The largest absolute Gasteiger partial charge is 0.493 e. The molecule has 6 heteroatoms. The van der Waals surface area contributed by atoms with E-state index < -0.39 is 0 Å². The number of rotatable bonds is 5. The van der Waals surface area contributed by atoms with Crippen molar-refractivity contribution in [2.45, 2.75) is 0 Å². The van der Waals surface area contributed by atoms with Crippen LogP contribution in [0.15, 0.2) is 42.6 Å². The fourth-order valence-corrected chi connectivity index (χ4v) is 2.71. The van der Waals surface area contributed by atoms with Crippen molar-refractivity contribution in [2.75, 3.05) is 28.4 Å². The van der Waals surface area contributed by atoms with E-state index in [2.05, 4.69) is 4.98 Å². The van der Waals surface area contributed by atoms with Gasteiger partial charge in [-0.1, -0.05) is 0 Å². The summed E-state index contributed by atoms with van der Waals surface area (Å²) in [5.41, 5.74) is 1.78. The smallest absolute Gasteiger partial charge is 0.161 e. The van der Waals surface area contributed by atoms with Gasteiger partial charge in [0, 0.05) is 17.1 Å². The molecule has 1 heterocycles. The molecular weight excluding hydrogens is 342 g/mol. The summed E-state index contributed by atoms with van der Waals surface area (Å²) in [5, 5.41) is 2.00. The summed E-state index contributed by atoms with van der Waals surface area (Å²) >= 11 is 0. The molecule has 1 aromatic heterocycles. The molecule has 25 heavy (non-hydrogen) atoms. The molecule has 0 N–H and O–H groups in total. The van der Waals surface area contributed by atoms with Crippen molar-refractivity contribution in [3.8, 4) is 34.3 Å². The monoisotopic (exact) mass is 361 g/mol. The Morgan fingerprint density at radius 3 is 1.92 bits per heavy atom. The van der Waals surface area contributed by atoms with E-state index in [0.717, 1.165) is 22.0 Å². The Kier molecular flexibility index (Phi) is 5.93. The Morgan fingerprint density at radius 1 is 0.680 bits per heavy atom. The minimum absolute atomic E-state index is 0. The van der Waals surface area contributed by atoms with Crippen molar-refractivity contribution in [1.29, 1.82) is 0 Å². The van der Waals surface area contributed by atoms with Crippen LogP contribution in [0, 0.1) is 0 Å². The fraction of sp³-hybridized carbons (Fsp3) is 0.211. The molecule has 0 saturated heterocycles. The van der Waals surface area contributed by atoms with Crippen molar-refractivity contribution >= 4 is 23.2 Å². The molecule has 0 spiro atoms. The Balaban J connectivity index is 0.00000225. The van der Waals surface area contributed by atoms with Gasteiger partial charge < -0.3 is 18.9 Å². The summed E-state index contributed by atoms with van der Waals surface area (Å²) in [6, 6.07) is 11.6. The van der Waals surface area contributed by atoms with Gasteiger partial charge in [0.1, 0.15) is 0 Å². The van der Waals surface area contributed by atoms with Gasteiger partial charge in [0.25, 0.3) is 0 Å². The molecule has 0 aliphatic carbocycles. The molecule has 3 aromatic rings. The van der Waals surface area contributed by atoms with E-state index in [4.69, 9.17) is 18.9 Å². The maximum Gasteiger partial charge on any atom is 0.161 e. The standard InChI is InChI=1S/C19H19NO4.ClH/c1-21-15-6-5-13(10-16(15)22-2)19-14-11-18(24-4)17(23-3)9-12(14)7-8-20-19;/h5-11H,1-4H3;1H. The van der Waals surface area contributed by atoms with Crippen molar-refractivity contribution in [3.05, 3.63) is 42.6 Å². The van der Waals surface area contributed by atoms with Crippen LogP contribution in [0.1, 0.15) is 0 Å². The molecule has 0 aliphatic heterocycles. The van der Waals surface area contributed by atoms with E-state index in [1.807, 2.05) is 36.4 Å². The van der Waals surface area contributed by atoms with E-state index in [-0.39, 0.29) is 12.4 Å². The molecule has 5 nitrogen and oxygen atoms in total. The number of hydrogen-bond donors (Lipinski definition) is 0. The van der Waals surface area contributed by atoms with Crippen LogP contribution >= 0.6 is 12.4 Å². The number of halogens is 1. The summed E-state index contributed by atoms with van der Waals surface area (Å²) in [6.07, 6.45) is 1.78. The van der Waals surface area contributed by atoms with Crippen LogP contribution in [0.3, 0.4) is 0 Å².